The molecular weight excluding hydrogens is 413 g/mol. The van der Waals surface area contributed by atoms with Crippen molar-refractivity contribution in [3.63, 3.8) is 0 Å². The van der Waals surface area contributed by atoms with Crippen LogP contribution in [0.1, 0.15) is 20.7 Å². The summed E-state index contributed by atoms with van der Waals surface area (Å²) in [5, 5.41) is 1.22. The topological polar surface area (TPSA) is 69.4 Å². The van der Waals surface area contributed by atoms with Crippen LogP contribution in [0.5, 0.6) is 0 Å². The number of ether oxygens (including phenoxy) is 1. The van der Waals surface area contributed by atoms with Crippen molar-refractivity contribution in [3.8, 4) is 11.5 Å². The average molecular weight is 426 g/mol. The van der Waals surface area contributed by atoms with Gasteiger partial charge < -0.3 is 9.15 Å². The average Bonchev–Trinajstić information content (AvgIpc) is 3.27. The zero-order valence-electron chi connectivity index (χ0n) is 14.9. The van der Waals surface area contributed by atoms with Crippen LogP contribution in [0.4, 0.5) is 0 Å². The van der Waals surface area contributed by atoms with Gasteiger partial charge in [-0.05, 0) is 42.5 Å². The molecule has 144 valence electrons. The van der Waals surface area contributed by atoms with Gasteiger partial charge in [0, 0.05) is 16.0 Å². The monoisotopic (exact) mass is 425 g/mol. The maximum Gasteiger partial charge on any atom is 0.339 e. The second kappa shape index (κ2) is 8.07. The second-order valence-corrected chi connectivity index (χ2v) is 7.02. The molecule has 7 heteroatoms. The molecule has 29 heavy (non-hydrogen) atoms. The van der Waals surface area contributed by atoms with E-state index in [1.54, 1.807) is 42.5 Å². The first-order valence-corrected chi connectivity index (χ1v) is 9.37. The number of fused-ring (bicyclic) bond motifs is 1. The lowest BCUT2D eigenvalue weighted by atomic mass is 10.1. The predicted octanol–water partition coefficient (Wildman–Crippen LogP) is 5.84. The van der Waals surface area contributed by atoms with E-state index in [9.17, 15) is 9.59 Å². The molecule has 0 spiro atoms. The van der Waals surface area contributed by atoms with Gasteiger partial charge in [-0.1, -0.05) is 41.4 Å². The molecule has 0 atom stereocenters. The van der Waals surface area contributed by atoms with E-state index in [1.165, 1.54) is 18.4 Å². The standard InChI is InChI=1S/C22H13Cl2NO4/c23-13-7-8-17(24)16(10-13)20(26)12-29-22(27)15-11-19(21-6-3-9-28-21)25-18-5-2-1-4-14(15)18/h1-11H,12H2. The molecule has 5 nitrogen and oxygen atoms in total. The van der Waals surface area contributed by atoms with Gasteiger partial charge in [-0.2, -0.15) is 0 Å². The summed E-state index contributed by atoms with van der Waals surface area (Å²) in [6.45, 7) is -0.467. The molecule has 2 heterocycles. The van der Waals surface area contributed by atoms with Crippen LogP contribution in [-0.2, 0) is 4.74 Å². The number of hydrogen-bond acceptors (Lipinski definition) is 5. The van der Waals surface area contributed by atoms with E-state index in [4.69, 9.17) is 32.4 Å². The zero-order chi connectivity index (χ0) is 20.4. The minimum atomic E-state index is -0.650. The van der Waals surface area contributed by atoms with Crippen molar-refractivity contribution < 1.29 is 18.7 Å². The van der Waals surface area contributed by atoms with Gasteiger partial charge in [-0.25, -0.2) is 9.78 Å². The molecule has 0 fully saturated rings. The van der Waals surface area contributed by atoms with Crippen LogP contribution in [0, 0.1) is 0 Å². The molecule has 0 aliphatic rings. The summed E-state index contributed by atoms with van der Waals surface area (Å²) in [6, 6.07) is 16.8. The Hall–Kier alpha value is -3.15. The summed E-state index contributed by atoms with van der Waals surface area (Å²) >= 11 is 12.0. The van der Waals surface area contributed by atoms with Crippen LogP contribution in [-0.4, -0.2) is 23.3 Å². The molecule has 2 aromatic carbocycles. The number of carbonyl (C=O) groups excluding carboxylic acids is 2. The lowest BCUT2D eigenvalue weighted by Gasteiger charge is -2.09. The lowest BCUT2D eigenvalue weighted by molar-refractivity contribution is 0.0476. The lowest BCUT2D eigenvalue weighted by Crippen LogP contribution is -2.15. The van der Waals surface area contributed by atoms with Gasteiger partial charge in [0.2, 0.25) is 5.78 Å². The number of Topliss-reactive ketones (excluding diaryl/α,β-unsaturated/α-hetero) is 1. The van der Waals surface area contributed by atoms with Gasteiger partial charge in [0.05, 0.1) is 22.4 Å². The van der Waals surface area contributed by atoms with Crippen LogP contribution in [0.2, 0.25) is 10.0 Å². The molecule has 0 saturated heterocycles. The molecule has 0 aliphatic carbocycles. The van der Waals surface area contributed by atoms with Crippen LogP contribution in [0.25, 0.3) is 22.4 Å². The number of halogens is 2. The number of ketones is 1. The molecule has 0 radical (unpaired) electrons. The van der Waals surface area contributed by atoms with Gasteiger partial charge in [-0.3, -0.25) is 4.79 Å². The third kappa shape index (κ3) is 4.01. The zero-order valence-corrected chi connectivity index (χ0v) is 16.4. The molecule has 0 amide bonds. The fourth-order valence-corrected chi connectivity index (χ4v) is 3.29. The number of aromatic nitrogens is 1. The SMILES string of the molecule is O=C(COC(=O)c1cc(-c2ccco2)nc2ccccc12)c1cc(Cl)ccc1Cl. The Labute approximate surface area is 175 Å². The fourth-order valence-electron chi connectivity index (χ4n) is 2.89. The van der Waals surface area contributed by atoms with Gasteiger partial charge >= 0.3 is 5.97 Å². The first kappa shape index (κ1) is 19.2. The van der Waals surface area contributed by atoms with E-state index >= 15 is 0 Å². The Morgan fingerprint density at radius 3 is 2.59 bits per heavy atom. The summed E-state index contributed by atoms with van der Waals surface area (Å²) in [6.07, 6.45) is 1.53. The quantitative estimate of drug-likeness (QED) is 0.296. The van der Waals surface area contributed by atoms with Crippen molar-refractivity contribution >= 4 is 45.9 Å². The van der Waals surface area contributed by atoms with Gasteiger partial charge in [0.1, 0.15) is 5.69 Å². The van der Waals surface area contributed by atoms with Gasteiger partial charge in [-0.15, -0.1) is 0 Å². The van der Waals surface area contributed by atoms with Gasteiger partial charge in [0.25, 0.3) is 0 Å². The Kier molecular flexibility index (Phi) is 5.34. The maximum absolute atomic E-state index is 12.8. The highest BCUT2D eigenvalue weighted by Crippen LogP contribution is 2.26. The third-order valence-electron chi connectivity index (χ3n) is 4.27. The largest absolute Gasteiger partial charge is 0.463 e. The van der Waals surface area contributed by atoms with E-state index in [0.717, 1.165) is 0 Å². The Morgan fingerprint density at radius 2 is 1.79 bits per heavy atom. The number of para-hydroxylation sites is 1. The van der Waals surface area contributed by atoms with Crippen molar-refractivity contribution in [2.24, 2.45) is 0 Å². The number of esters is 1. The molecule has 0 unspecified atom stereocenters. The molecule has 0 bridgehead atoms. The van der Waals surface area contributed by atoms with E-state index in [-0.39, 0.29) is 16.1 Å². The second-order valence-electron chi connectivity index (χ2n) is 6.17. The smallest absolute Gasteiger partial charge is 0.339 e. The number of furan rings is 1. The Morgan fingerprint density at radius 1 is 0.966 bits per heavy atom. The highest BCUT2D eigenvalue weighted by atomic mass is 35.5. The van der Waals surface area contributed by atoms with E-state index < -0.39 is 18.4 Å². The van der Waals surface area contributed by atoms with E-state index in [2.05, 4.69) is 4.98 Å². The minimum absolute atomic E-state index is 0.197. The number of pyridine rings is 1. The van der Waals surface area contributed by atoms with Crippen molar-refractivity contribution in [3.05, 3.63) is 88.1 Å². The maximum atomic E-state index is 12.8. The van der Waals surface area contributed by atoms with Gasteiger partial charge in [0.15, 0.2) is 12.4 Å². The Balaban J connectivity index is 1.63. The predicted molar refractivity (Wildman–Crippen MR) is 111 cm³/mol. The molecule has 4 rings (SSSR count). The minimum Gasteiger partial charge on any atom is -0.463 e. The van der Waals surface area contributed by atoms with Crippen molar-refractivity contribution in [2.45, 2.75) is 0 Å². The number of rotatable bonds is 5. The highest BCUT2D eigenvalue weighted by molar-refractivity contribution is 6.36. The molecule has 2 aromatic heterocycles. The van der Waals surface area contributed by atoms with Crippen LogP contribution >= 0.6 is 23.2 Å². The van der Waals surface area contributed by atoms with E-state index in [0.29, 0.717) is 27.4 Å². The Bertz CT molecular complexity index is 1220. The number of benzene rings is 2. The molecule has 0 saturated carbocycles. The summed E-state index contributed by atoms with van der Waals surface area (Å²) in [7, 11) is 0. The van der Waals surface area contributed by atoms with Crippen molar-refractivity contribution in [1.82, 2.24) is 4.98 Å². The summed E-state index contributed by atoms with van der Waals surface area (Å²) < 4.78 is 10.7. The molecule has 0 aliphatic heterocycles. The number of nitrogens with zero attached hydrogens (tertiary/aromatic N) is 1. The summed E-state index contributed by atoms with van der Waals surface area (Å²) in [5.41, 5.74) is 1.58. The van der Waals surface area contributed by atoms with Crippen molar-refractivity contribution in [2.75, 3.05) is 6.61 Å². The van der Waals surface area contributed by atoms with Crippen LogP contribution in [0.15, 0.2) is 71.3 Å². The third-order valence-corrected chi connectivity index (χ3v) is 4.84. The van der Waals surface area contributed by atoms with E-state index in [1.807, 2.05) is 6.07 Å². The first-order valence-electron chi connectivity index (χ1n) is 8.62. The fraction of sp³-hybridized carbons (Fsp3) is 0.0455. The summed E-state index contributed by atoms with van der Waals surface area (Å²) in [4.78, 5) is 29.7. The molecular formula is C22H13Cl2NO4. The molecule has 4 aromatic rings. The molecule has 0 N–H and O–H groups in total. The first-order chi connectivity index (χ1) is 14.0. The number of hydrogen-bond donors (Lipinski definition) is 0. The number of carbonyl (C=O) groups is 2. The van der Waals surface area contributed by atoms with Crippen LogP contribution < -0.4 is 0 Å². The highest BCUT2D eigenvalue weighted by Gasteiger charge is 2.19. The normalized spacial score (nSPS) is 10.8. The van der Waals surface area contributed by atoms with Crippen molar-refractivity contribution in [1.29, 1.82) is 0 Å². The summed E-state index contributed by atoms with van der Waals surface area (Å²) in [5.74, 6) is -0.579. The van der Waals surface area contributed by atoms with Crippen LogP contribution in [0.3, 0.4) is 0 Å².